The van der Waals surface area contributed by atoms with Crippen molar-refractivity contribution < 1.29 is 0 Å². The third-order valence-electron chi connectivity index (χ3n) is 3.60. The second kappa shape index (κ2) is 6.62. The molecule has 0 radical (unpaired) electrons. The number of thiazole rings is 1. The van der Waals surface area contributed by atoms with Crippen LogP contribution in [0.1, 0.15) is 5.69 Å². The maximum Gasteiger partial charge on any atom is 0.368 e. The van der Waals surface area contributed by atoms with Gasteiger partial charge in [-0.25, -0.2) is 9.78 Å². The first-order valence-corrected chi connectivity index (χ1v) is 8.76. The summed E-state index contributed by atoms with van der Waals surface area (Å²) in [6.45, 7) is 0.257. The molecule has 4 aromatic rings. The average Bonchev–Trinajstić information content (AvgIpc) is 3.25. The molecule has 25 heavy (non-hydrogen) atoms. The van der Waals surface area contributed by atoms with Crippen molar-refractivity contribution in [3.63, 3.8) is 0 Å². The number of tetrazole rings is 1. The van der Waals surface area contributed by atoms with E-state index in [9.17, 15) is 4.79 Å². The Morgan fingerprint density at radius 2 is 1.76 bits per heavy atom. The van der Waals surface area contributed by atoms with E-state index in [1.165, 1.54) is 20.7 Å². The summed E-state index contributed by atoms with van der Waals surface area (Å²) in [5, 5.41) is 11.1. The largest absolute Gasteiger partial charge is 0.368 e. The smallest absolute Gasteiger partial charge is 0.244 e. The molecule has 2 aromatic carbocycles. The van der Waals surface area contributed by atoms with Gasteiger partial charge >= 0.3 is 5.69 Å². The Balaban J connectivity index is 1.62. The van der Waals surface area contributed by atoms with Crippen molar-refractivity contribution in [3.8, 4) is 16.3 Å². The Bertz CT molecular complexity index is 1070. The van der Waals surface area contributed by atoms with Gasteiger partial charge in [-0.15, -0.1) is 11.3 Å². The maximum atomic E-state index is 12.5. The van der Waals surface area contributed by atoms with Crippen molar-refractivity contribution >= 4 is 22.9 Å². The number of aromatic nitrogens is 5. The first-order valence-electron chi connectivity index (χ1n) is 7.50. The van der Waals surface area contributed by atoms with Crippen LogP contribution in [0.5, 0.6) is 0 Å². The van der Waals surface area contributed by atoms with Crippen molar-refractivity contribution in [2.75, 3.05) is 0 Å². The summed E-state index contributed by atoms with van der Waals surface area (Å²) in [6, 6.07) is 16.9. The molecule has 0 aliphatic heterocycles. The summed E-state index contributed by atoms with van der Waals surface area (Å²) in [7, 11) is 0. The molecule has 0 amide bonds. The molecule has 2 heterocycles. The highest BCUT2D eigenvalue weighted by atomic mass is 35.5. The Morgan fingerprint density at radius 1 is 1.00 bits per heavy atom. The van der Waals surface area contributed by atoms with Crippen molar-refractivity contribution in [1.82, 2.24) is 24.8 Å². The zero-order chi connectivity index (χ0) is 17.2. The van der Waals surface area contributed by atoms with E-state index in [0.717, 1.165) is 16.3 Å². The number of hydrogen-bond donors (Lipinski definition) is 0. The Morgan fingerprint density at radius 3 is 2.56 bits per heavy atom. The van der Waals surface area contributed by atoms with Crippen molar-refractivity contribution in [2.24, 2.45) is 0 Å². The number of para-hydroxylation sites is 1. The standard InChI is InChI=1S/C17H12ClN5OS/c18-14-8-4-5-9-15(14)23-17(24)22(20-21-23)10-13-11-25-16(19-13)12-6-2-1-3-7-12/h1-9,11H,10H2. The van der Waals surface area contributed by atoms with Crippen LogP contribution >= 0.6 is 22.9 Å². The summed E-state index contributed by atoms with van der Waals surface area (Å²) in [5.74, 6) is 0. The van der Waals surface area contributed by atoms with Crippen LogP contribution in [0.4, 0.5) is 0 Å². The minimum Gasteiger partial charge on any atom is -0.244 e. The third-order valence-corrected chi connectivity index (χ3v) is 4.86. The summed E-state index contributed by atoms with van der Waals surface area (Å²) in [5.41, 5.74) is 1.95. The monoisotopic (exact) mass is 369 g/mol. The van der Waals surface area contributed by atoms with E-state index in [1.54, 1.807) is 24.3 Å². The number of hydrogen-bond acceptors (Lipinski definition) is 5. The summed E-state index contributed by atoms with van der Waals surface area (Å²) < 4.78 is 2.46. The minimum absolute atomic E-state index is 0.257. The molecule has 0 spiro atoms. The molecule has 0 atom stereocenters. The predicted octanol–water partition coefficient (Wildman–Crippen LogP) is 3.25. The fraction of sp³-hybridized carbons (Fsp3) is 0.0588. The van der Waals surface area contributed by atoms with Crippen LogP contribution in [-0.4, -0.2) is 24.8 Å². The van der Waals surface area contributed by atoms with Gasteiger partial charge < -0.3 is 0 Å². The zero-order valence-electron chi connectivity index (χ0n) is 12.9. The van der Waals surface area contributed by atoms with Gasteiger partial charge in [-0.3, -0.25) is 0 Å². The molecule has 2 aromatic heterocycles. The van der Waals surface area contributed by atoms with Crippen LogP contribution in [0.15, 0.2) is 64.8 Å². The lowest BCUT2D eigenvalue weighted by molar-refractivity contribution is 0.624. The highest BCUT2D eigenvalue weighted by Crippen LogP contribution is 2.23. The lowest BCUT2D eigenvalue weighted by Gasteiger charge is -2.00. The van der Waals surface area contributed by atoms with Gasteiger partial charge in [-0.2, -0.15) is 9.36 Å². The van der Waals surface area contributed by atoms with Gasteiger partial charge in [-0.1, -0.05) is 54.1 Å². The topological polar surface area (TPSA) is 65.6 Å². The van der Waals surface area contributed by atoms with Crippen LogP contribution in [0.25, 0.3) is 16.3 Å². The highest BCUT2D eigenvalue weighted by Gasteiger charge is 2.13. The third kappa shape index (κ3) is 3.11. The van der Waals surface area contributed by atoms with Gasteiger partial charge in [0.1, 0.15) is 5.01 Å². The van der Waals surface area contributed by atoms with E-state index in [0.29, 0.717) is 10.7 Å². The maximum absolute atomic E-state index is 12.5. The van der Waals surface area contributed by atoms with Crippen LogP contribution < -0.4 is 5.69 Å². The Hall–Kier alpha value is -2.77. The molecule has 124 valence electrons. The van der Waals surface area contributed by atoms with E-state index >= 15 is 0 Å². The van der Waals surface area contributed by atoms with Gasteiger partial charge in [-0.05, 0) is 22.6 Å². The van der Waals surface area contributed by atoms with E-state index < -0.39 is 0 Å². The molecule has 0 aliphatic carbocycles. The summed E-state index contributed by atoms with van der Waals surface area (Å²) in [6.07, 6.45) is 0. The molecule has 0 saturated carbocycles. The molecule has 4 rings (SSSR count). The Labute approximate surface area is 151 Å². The predicted molar refractivity (Wildman–Crippen MR) is 97.3 cm³/mol. The highest BCUT2D eigenvalue weighted by molar-refractivity contribution is 7.13. The molecule has 8 heteroatoms. The molecular formula is C17H12ClN5OS. The van der Waals surface area contributed by atoms with Gasteiger partial charge in [0.2, 0.25) is 0 Å². The van der Waals surface area contributed by atoms with Crippen molar-refractivity contribution in [2.45, 2.75) is 6.54 Å². The fourth-order valence-corrected chi connectivity index (χ4v) is 3.43. The van der Waals surface area contributed by atoms with Crippen LogP contribution in [0, 0.1) is 0 Å². The molecule has 0 fully saturated rings. The van der Waals surface area contributed by atoms with Gasteiger partial charge in [0.25, 0.3) is 0 Å². The molecule has 0 unspecified atom stereocenters. The molecule has 0 saturated heterocycles. The SMILES string of the molecule is O=c1n(Cc2csc(-c3ccccc3)n2)nnn1-c1ccccc1Cl. The lowest BCUT2D eigenvalue weighted by atomic mass is 10.2. The molecule has 6 nitrogen and oxygen atoms in total. The molecule has 0 bridgehead atoms. The van der Waals surface area contributed by atoms with Crippen LogP contribution in [0.2, 0.25) is 5.02 Å². The van der Waals surface area contributed by atoms with E-state index in [4.69, 9.17) is 11.6 Å². The van der Waals surface area contributed by atoms with Crippen molar-refractivity contribution in [1.29, 1.82) is 0 Å². The normalized spacial score (nSPS) is 10.9. The second-order valence-electron chi connectivity index (χ2n) is 5.29. The van der Waals surface area contributed by atoms with Crippen LogP contribution in [0.3, 0.4) is 0 Å². The first kappa shape index (κ1) is 15.7. The zero-order valence-corrected chi connectivity index (χ0v) is 14.5. The first-order chi connectivity index (χ1) is 12.2. The van der Waals surface area contributed by atoms with Crippen molar-refractivity contribution in [3.05, 3.63) is 81.2 Å². The number of benzene rings is 2. The van der Waals surface area contributed by atoms with Crippen LogP contribution in [-0.2, 0) is 6.54 Å². The lowest BCUT2D eigenvalue weighted by Crippen LogP contribution is -2.25. The second-order valence-corrected chi connectivity index (χ2v) is 6.56. The Kier molecular flexibility index (Phi) is 4.17. The van der Waals surface area contributed by atoms with Gasteiger partial charge in [0.15, 0.2) is 0 Å². The van der Waals surface area contributed by atoms with Gasteiger partial charge in [0.05, 0.1) is 22.9 Å². The summed E-state index contributed by atoms with van der Waals surface area (Å²) in [4.78, 5) is 17.1. The quantitative estimate of drug-likeness (QED) is 0.554. The molecule has 0 aliphatic rings. The van der Waals surface area contributed by atoms with E-state index in [2.05, 4.69) is 15.4 Å². The number of rotatable bonds is 4. The number of nitrogens with zero attached hydrogens (tertiary/aromatic N) is 5. The number of halogens is 1. The average molecular weight is 370 g/mol. The molecular weight excluding hydrogens is 358 g/mol. The minimum atomic E-state index is -0.359. The fourth-order valence-electron chi connectivity index (χ4n) is 2.39. The molecule has 0 N–H and O–H groups in total. The van der Waals surface area contributed by atoms with E-state index in [-0.39, 0.29) is 12.2 Å². The van der Waals surface area contributed by atoms with E-state index in [1.807, 2.05) is 35.7 Å². The van der Waals surface area contributed by atoms with Gasteiger partial charge in [0, 0.05) is 10.9 Å². The summed E-state index contributed by atoms with van der Waals surface area (Å²) >= 11 is 7.65.